The van der Waals surface area contributed by atoms with E-state index in [1.54, 1.807) is 37.0 Å². The van der Waals surface area contributed by atoms with Gasteiger partial charge in [0.05, 0.1) is 5.69 Å². The third kappa shape index (κ3) is 2.82. The van der Waals surface area contributed by atoms with Gasteiger partial charge in [-0.1, -0.05) is 15.9 Å². The summed E-state index contributed by atoms with van der Waals surface area (Å²) in [7, 11) is 5.01. The molecule has 0 spiro atoms. The van der Waals surface area contributed by atoms with E-state index >= 15 is 0 Å². The summed E-state index contributed by atoms with van der Waals surface area (Å²) in [6.45, 7) is 0. The van der Waals surface area contributed by atoms with Crippen molar-refractivity contribution in [3.05, 3.63) is 55.1 Å². The molecule has 0 atom stereocenters. The molecule has 0 fully saturated rings. The van der Waals surface area contributed by atoms with Crippen LogP contribution in [0.5, 0.6) is 0 Å². The summed E-state index contributed by atoms with van der Waals surface area (Å²) < 4.78 is 4.98. The van der Waals surface area contributed by atoms with Crippen molar-refractivity contribution in [3.63, 3.8) is 0 Å². The van der Waals surface area contributed by atoms with Crippen LogP contribution < -0.4 is 17.0 Å². The van der Waals surface area contributed by atoms with Crippen LogP contribution in [-0.2, 0) is 7.05 Å². The highest BCUT2D eigenvalue weighted by Gasteiger charge is 2.17. The monoisotopic (exact) mass is 351 g/mol. The van der Waals surface area contributed by atoms with Crippen molar-refractivity contribution in [1.29, 1.82) is 0 Å². The van der Waals surface area contributed by atoms with Crippen molar-refractivity contribution in [3.8, 4) is 5.69 Å². The Morgan fingerprint density at radius 1 is 1.19 bits per heavy atom. The van der Waals surface area contributed by atoms with E-state index in [0.29, 0.717) is 5.69 Å². The van der Waals surface area contributed by atoms with Gasteiger partial charge in [0, 0.05) is 11.5 Å². The number of rotatable bonds is 2. The Balaban J connectivity index is 2.87. The molecule has 6 nitrogen and oxygen atoms in total. The van der Waals surface area contributed by atoms with Gasteiger partial charge in [-0.05, 0) is 24.3 Å². The van der Waals surface area contributed by atoms with Gasteiger partial charge in [-0.3, -0.25) is 9.36 Å². The van der Waals surface area contributed by atoms with Gasteiger partial charge in [-0.2, -0.15) is 0 Å². The second-order valence-electron chi connectivity index (χ2n) is 4.85. The number of nitrogens with zero attached hydrogens (tertiary/aromatic N) is 3. The SMILES string of the molecule is Cn1c(=O)c(C=[N+](C)C)c(N)n(-c2ccc(Br)cc2)c1=O. The molecule has 21 heavy (non-hydrogen) atoms. The number of nitrogen functional groups attached to an aromatic ring is 1. The summed E-state index contributed by atoms with van der Waals surface area (Å²) in [5, 5.41) is 0. The Hall–Kier alpha value is -2.15. The van der Waals surface area contributed by atoms with Crippen molar-refractivity contribution < 1.29 is 4.58 Å². The van der Waals surface area contributed by atoms with E-state index < -0.39 is 11.2 Å². The quantitative estimate of drug-likeness (QED) is 0.635. The van der Waals surface area contributed by atoms with Crippen molar-refractivity contribution in [2.45, 2.75) is 0 Å². The van der Waals surface area contributed by atoms with Crippen LogP contribution in [0.3, 0.4) is 0 Å². The molecule has 0 aliphatic heterocycles. The number of benzene rings is 1. The molecular formula is C14H16BrN4O2+. The molecule has 1 heterocycles. The van der Waals surface area contributed by atoms with Gasteiger partial charge in [0.15, 0.2) is 6.21 Å². The molecule has 0 saturated heterocycles. The molecular weight excluding hydrogens is 336 g/mol. The predicted octanol–water partition coefficient (Wildman–Crippen LogP) is 0.572. The van der Waals surface area contributed by atoms with Crippen molar-refractivity contribution in [1.82, 2.24) is 9.13 Å². The fourth-order valence-corrected chi connectivity index (χ4v) is 2.23. The highest BCUT2D eigenvalue weighted by atomic mass is 79.9. The third-order valence-corrected chi connectivity index (χ3v) is 3.53. The molecule has 1 aromatic carbocycles. The first kappa shape index (κ1) is 15.2. The van der Waals surface area contributed by atoms with Crippen LogP contribution in [0, 0.1) is 0 Å². The molecule has 2 rings (SSSR count). The number of hydrogen-bond acceptors (Lipinski definition) is 3. The molecule has 7 heteroatoms. The Morgan fingerprint density at radius 2 is 1.76 bits per heavy atom. The van der Waals surface area contributed by atoms with Gasteiger partial charge in [0.1, 0.15) is 25.5 Å². The minimum atomic E-state index is -0.476. The molecule has 0 saturated carbocycles. The molecule has 110 valence electrons. The van der Waals surface area contributed by atoms with Gasteiger partial charge in [-0.15, -0.1) is 0 Å². The zero-order chi connectivity index (χ0) is 15.7. The maximum Gasteiger partial charge on any atom is 0.336 e. The van der Waals surface area contributed by atoms with E-state index in [1.807, 2.05) is 12.1 Å². The Morgan fingerprint density at radius 3 is 2.29 bits per heavy atom. The maximum atomic E-state index is 12.3. The standard InChI is InChI=1S/C14H15BrN4O2/c1-17(2)8-11-12(16)19(14(21)18(3)13(11)20)10-6-4-9(15)5-7-10/h4-8,16H,1-3H3/p+1. The van der Waals surface area contributed by atoms with Crippen LogP contribution in [0.25, 0.3) is 5.69 Å². The molecule has 0 bridgehead atoms. The Kier molecular flexibility index (Phi) is 4.13. The molecule has 0 aliphatic rings. The van der Waals surface area contributed by atoms with E-state index in [1.165, 1.54) is 11.6 Å². The lowest BCUT2D eigenvalue weighted by atomic mass is 10.2. The largest absolute Gasteiger partial charge is 0.384 e. The predicted molar refractivity (Wildman–Crippen MR) is 86.7 cm³/mol. The average molecular weight is 352 g/mol. The number of nitrogens with two attached hydrogens (primary N) is 1. The number of anilines is 1. The highest BCUT2D eigenvalue weighted by molar-refractivity contribution is 9.10. The first-order chi connectivity index (χ1) is 9.82. The van der Waals surface area contributed by atoms with Crippen LogP contribution in [0.4, 0.5) is 5.82 Å². The van der Waals surface area contributed by atoms with E-state index in [-0.39, 0.29) is 11.4 Å². The van der Waals surface area contributed by atoms with Crippen molar-refractivity contribution >= 4 is 28.0 Å². The summed E-state index contributed by atoms with van der Waals surface area (Å²) in [5.74, 6) is 0.124. The fraction of sp³-hybridized carbons (Fsp3) is 0.214. The van der Waals surface area contributed by atoms with Gasteiger partial charge in [0.25, 0.3) is 5.56 Å². The van der Waals surface area contributed by atoms with Crippen LogP contribution in [0.15, 0.2) is 38.3 Å². The van der Waals surface area contributed by atoms with Crippen LogP contribution >= 0.6 is 15.9 Å². The third-order valence-electron chi connectivity index (χ3n) is 3.00. The summed E-state index contributed by atoms with van der Waals surface area (Å²) in [6.07, 6.45) is 1.60. The van der Waals surface area contributed by atoms with E-state index in [0.717, 1.165) is 9.04 Å². The lowest BCUT2D eigenvalue weighted by molar-refractivity contribution is -0.458. The molecule has 0 radical (unpaired) electrons. The minimum Gasteiger partial charge on any atom is -0.384 e. The Bertz CT molecular complexity index is 828. The summed E-state index contributed by atoms with van der Waals surface area (Å²) >= 11 is 3.34. The highest BCUT2D eigenvalue weighted by Crippen LogP contribution is 2.15. The first-order valence-electron chi connectivity index (χ1n) is 6.21. The second kappa shape index (κ2) is 5.69. The number of aromatic nitrogens is 2. The number of halogens is 1. The van der Waals surface area contributed by atoms with Crippen molar-refractivity contribution in [2.75, 3.05) is 19.8 Å². The normalized spacial score (nSPS) is 10.5. The average Bonchev–Trinajstić information content (AvgIpc) is 2.43. The fourth-order valence-electron chi connectivity index (χ4n) is 1.97. The lowest BCUT2D eigenvalue weighted by Crippen LogP contribution is -2.41. The lowest BCUT2D eigenvalue weighted by Gasteiger charge is -2.12. The van der Waals surface area contributed by atoms with Crippen molar-refractivity contribution in [2.24, 2.45) is 7.05 Å². The molecule has 0 amide bonds. The molecule has 2 N–H and O–H groups in total. The summed E-state index contributed by atoms with van der Waals surface area (Å²) in [6, 6.07) is 7.13. The zero-order valence-corrected chi connectivity index (χ0v) is 13.6. The summed E-state index contributed by atoms with van der Waals surface area (Å²) in [4.78, 5) is 24.5. The molecule has 2 aromatic rings. The van der Waals surface area contributed by atoms with Gasteiger partial charge >= 0.3 is 5.69 Å². The smallest absolute Gasteiger partial charge is 0.336 e. The van der Waals surface area contributed by atoms with Gasteiger partial charge in [-0.25, -0.2) is 13.9 Å². The van der Waals surface area contributed by atoms with E-state index in [4.69, 9.17) is 5.73 Å². The topological polar surface area (TPSA) is 73.0 Å². The molecule has 1 aromatic heterocycles. The molecule has 0 aliphatic carbocycles. The Labute approximate surface area is 129 Å². The van der Waals surface area contributed by atoms with Crippen LogP contribution in [-0.4, -0.2) is 34.0 Å². The van der Waals surface area contributed by atoms with E-state index in [2.05, 4.69) is 15.9 Å². The van der Waals surface area contributed by atoms with Crippen LogP contribution in [0.1, 0.15) is 5.56 Å². The zero-order valence-electron chi connectivity index (χ0n) is 12.0. The van der Waals surface area contributed by atoms with Gasteiger partial charge < -0.3 is 5.73 Å². The maximum absolute atomic E-state index is 12.3. The number of hydrogen-bond donors (Lipinski definition) is 1. The van der Waals surface area contributed by atoms with Gasteiger partial charge in [0.2, 0.25) is 0 Å². The summed E-state index contributed by atoms with van der Waals surface area (Å²) in [5.41, 5.74) is 6.04. The second-order valence-corrected chi connectivity index (χ2v) is 5.77. The minimum absolute atomic E-state index is 0.124. The first-order valence-corrected chi connectivity index (χ1v) is 7.01. The van der Waals surface area contributed by atoms with E-state index in [9.17, 15) is 9.59 Å². The molecule has 0 unspecified atom stereocenters. The van der Waals surface area contributed by atoms with Crippen LogP contribution in [0.2, 0.25) is 0 Å².